The first-order valence-corrected chi connectivity index (χ1v) is 8.84. The number of nitrogens with two attached hydrogens (primary N) is 1. The molecule has 1 heterocycles. The largest absolute Gasteiger partial charge is 0.399 e. The van der Waals surface area contributed by atoms with Crippen molar-refractivity contribution >= 4 is 33.2 Å². The van der Waals surface area contributed by atoms with E-state index in [-0.39, 0.29) is 11.9 Å². The zero-order chi connectivity index (χ0) is 17.3. The van der Waals surface area contributed by atoms with E-state index in [1.165, 1.54) is 5.56 Å². The molecule has 2 N–H and O–H groups in total. The Hall–Kier alpha value is -2.14. The Balaban J connectivity index is 2.20. The molecule has 0 spiro atoms. The van der Waals surface area contributed by atoms with Gasteiger partial charge in [0.15, 0.2) is 0 Å². The maximum Gasteiger partial charge on any atom is 0.242 e. The zero-order valence-corrected chi connectivity index (χ0v) is 15.4. The number of rotatable bonds is 2. The second-order valence-corrected chi connectivity index (χ2v) is 6.93. The van der Waals surface area contributed by atoms with Crippen molar-refractivity contribution in [2.45, 2.75) is 32.7 Å². The van der Waals surface area contributed by atoms with E-state index in [1.54, 1.807) is 5.01 Å². The maximum atomic E-state index is 12.4. The molecule has 0 radical (unpaired) electrons. The average Bonchev–Trinajstić information content (AvgIpc) is 2.71. The SMILES string of the molecule is CCC(=O)N1N=C(c2ccc(N)cc2)c2cc(Br)ccc2CC1C. The van der Waals surface area contributed by atoms with Crippen LogP contribution in [-0.4, -0.2) is 22.7 Å². The molecule has 0 aromatic heterocycles. The number of nitrogens with zero attached hydrogens (tertiary/aromatic N) is 2. The lowest BCUT2D eigenvalue weighted by atomic mass is 9.95. The second kappa shape index (κ2) is 6.77. The number of nitrogen functional groups attached to an aromatic ring is 1. The standard InChI is InChI=1S/C19H20BrN3O/c1-3-18(24)23-12(2)10-14-4-7-15(20)11-17(14)19(22-23)13-5-8-16(21)9-6-13/h4-9,11-12H,3,10,21H2,1-2H3. The van der Waals surface area contributed by atoms with Gasteiger partial charge in [-0.25, -0.2) is 5.01 Å². The Morgan fingerprint density at radius 1 is 1.29 bits per heavy atom. The molecule has 124 valence electrons. The molecule has 0 bridgehead atoms. The highest BCUT2D eigenvalue weighted by Gasteiger charge is 2.26. The molecule has 3 rings (SSSR count). The fourth-order valence-electron chi connectivity index (χ4n) is 2.93. The quantitative estimate of drug-likeness (QED) is 0.795. The van der Waals surface area contributed by atoms with Gasteiger partial charge in [0, 0.05) is 27.7 Å². The number of hydrogen-bond donors (Lipinski definition) is 1. The van der Waals surface area contributed by atoms with E-state index in [1.807, 2.05) is 44.2 Å². The molecule has 0 saturated heterocycles. The molecular weight excluding hydrogens is 366 g/mol. The first-order valence-electron chi connectivity index (χ1n) is 8.05. The van der Waals surface area contributed by atoms with Crippen LogP contribution in [0.1, 0.15) is 37.0 Å². The number of halogens is 1. The van der Waals surface area contributed by atoms with E-state index in [2.05, 4.69) is 28.1 Å². The maximum absolute atomic E-state index is 12.4. The van der Waals surface area contributed by atoms with E-state index in [4.69, 9.17) is 10.8 Å². The Bertz CT molecular complexity index is 799. The Morgan fingerprint density at radius 2 is 2.00 bits per heavy atom. The van der Waals surface area contributed by atoms with E-state index < -0.39 is 0 Å². The molecule has 1 aliphatic rings. The molecule has 2 aromatic carbocycles. The summed E-state index contributed by atoms with van der Waals surface area (Å²) in [5.41, 5.74) is 10.5. The lowest BCUT2D eigenvalue weighted by Crippen LogP contribution is -2.34. The second-order valence-electron chi connectivity index (χ2n) is 6.02. The van der Waals surface area contributed by atoms with E-state index in [0.29, 0.717) is 12.1 Å². The predicted molar refractivity (Wildman–Crippen MR) is 101 cm³/mol. The number of benzene rings is 2. The van der Waals surface area contributed by atoms with Crippen molar-refractivity contribution in [3.8, 4) is 0 Å². The van der Waals surface area contributed by atoms with Crippen molar-refractivity contribution in [3.05, 3.63) is 63.6 Å². The fraction of sp³-hybridized carbons (Fsp3) is 0.263. The van der Waals surface area contributed by atoms with Crippen LogP contribution < -0.4 is 5.73 Å². The van der Waals surface area contributed by atoms with Crippen molar-refractivity contribution in [3.63, 3.8) is 0 Å². The molecule has 2 aromatic rings. The lowest BCUT2D eigenvalue weighted by Gasteiger charge is -2.22. The topological polar surface area (TPSA) is 58.7 Å². The van der Waals surface area contributed by atoms with Crippen molar-refractivity contribution in [1.29, 1.82) is 0 Å². The highest BCUT2D eigenvalue weighted by molar-refractivity contribution is 9.10. The van der Waals surface area contributed by atoms with Crippen molar-refractivity contribution in [2.24, 2.45) is 5.10 Å². The van der Waals surface area contributed by atoms with Gasteiger partial charge in [-0.05, 0) is 43.2 Å². The first-order chi connectivity index (χ1) is 11.5. The highest BCUT2D eigenvalue weighted by atomic mass is 79.9. The van der Waals surface area contributed by atoms with Gasteiger partial charge in [0.05, 0.1) is 11.8 Å². The number of anilines is 1. The van der Waals surface area contributed by atoms with Gasteiger partial charge in [-0.2, -0.15) is 5.10 Å². The van der Waals surface area contributed by atoms with Gasteiger partial charge in [-0.1, -0.05) is 41.1 Å². The van der Waals surface area contributed by atoms with Crippen LogP contribution in [0, 0.1) is 0 Å². The molecule has 1 aliphatic heterocycles. The molecular formula is C19H20BrN3O. The molecule has 24 heavy (non-hydrogen) atoms. The number of hydrogen-bond acceptors (Lipinski definition) is 3. The third kappa shape index (κ3) is 3.22. The Morgan fingerprint density at radius 3 is 2.67 bits per heavy atom. The fourth-order valence-corrected chi connectivity index (χ4v) is 3.29. The van der Waals surface area contributed by atoms with Crippen molar-refractivity contribution in [1.82, 2.24) is 5.01 Å². The zero-order valence-electron chi connectivity index (χ0n) is 13.8. The molecule has 1 unspecified atom stereocenters. The normalized spacial score (nSPS) is 17.0. The summed E-state index contributed by atoms with van der Waals surface area (Å²) in [5.74, 6) is 0.0299. The minimum Gasteiger partial charge on any atom is -0.399 e. The van der Waals surface area contributed by atoms with Crippen LogP contribution >= 0.6 is 15.9 Å². The van der Waals surface area contributed by atoms with Gasteiger partial charge in [0.1, 0.15) is 0 Å². The molecule has 5 heteroatoms. The third-order valence-corrected chi connectivity index (χ3v) is 4.70. The van der Waals surface area contributed by atoms with Gasteiger partial charge >= 0.3 is 0 Å². The van der Waals surface area contributed by atoms with E-state index in [0.717, 1.165) is 27.7 Å². The average molecular weight is 386 g/mol. The van der Waals surface area contributed by atoms with Crippen LogP contribution in [0.2, 0.25) is 0 Å². The number of carbonyl (C=O) groups excluding carboxylic acids is 1. The van der Waals surface area contributed by atoms with Crippen LogP contribution in [0.15, 0.2) is 52.0 Å². The summed E-state index contributed by atoms with van der Waals surface area (Å²) in [6.07, 6.45) is 1.21. The van der Waals surface area contributed by atoms with E-state index in [9.17, 15) is 4.79 Å². The molecule has 4 nitrogen and oxygen atoms in total. The number of carbonyl (C=O) groups is 1. The van der Waals surface area contributed by atoms with Gasteiger partial charge in [0.2, 0.25) is 5.91 Å². The van der Waals surface area contributed by atoms with Crippen LogP contribution in [-0.2, 0) is 11.2 Å². The van der Waals surface area contributed by atoms with Gasteiger partial charge in [-0.15, -0.1) is 0 Å². The monoisotopic (exact) mass is 385 g/mol. The summed E-state index contributed by atoms with van der Waals surface area (Å²) in [6, 6.07) is 13.8. The molecule has 0 saturated carbocycles. The van der Waals surface area contributed by atoms with Crippen LogP contribution in [0.4, 0.5) is 5.69 Å². The Kier molecular flexibility index (Phi) is 4.71. The Labute approximate surface area is 150 Å². The molecule has 0 fully saturated rings. The summed E-state index contributed by atoms with van der Waals surface area (Å²) < 4.78 is 0.993. The summed E-state index contributed by atoms with van der Waals surface area (Å²) >= 11 is 3.54. The number of fused-ring (bicyclic) bond motifs is 1. The summed E-state index contributed by atoms with van der Waals surface area (Å²) in [5, 5.41) is 6.37. The minimum atomic E-state index is 0.0173. The summed E-state index contributed by atoms with van der Waals surface area (Å²) in [4.78, 5) is 12.4. The summed E-state index contributed by atoms with van der Waals surface area (Å²) in [7, 11) is 0. The smallest absolute Gasteiger partial charge is 0.242 e. The van der Waals surface area contributed by atoms with Crippen molar-refractivity contribution < 1.29 is 4.79 Å². The molecule has 1 atom stereocenters. The summed E-state index contributed by atoms with van der Waals surface area (Å²) in [6.45, 7) is 3.90. The highest BCUT2D eigenvalue weighted by Crippen LogP contribution is 2.27. The minimum absolute atomic E-state index is 0.0173. The van der Waals surface area contributed by atoms with Crippen LogP contribution in [0.5, 0.6) is 0 Å². The van der Waals surface area contributed by atoms with Crippen molar-refractivity contribution in [2.75, 3.05) is 5.73 Å². The lowest BCUT2D eigenvalue weighted by molar-refractivity contribution is -0.132. The third-order valence-electron chi connectivity index (χ3n) is 4.21. The van der Waals surface area contributed by atoms with E-state index >= 15 is 0 Å². The number of hydrazone groups is 1. The first kappa shape index (κ1) is 16.7. The van der Waals surface area contributed by atoms with Crippen LogP contribution in [0.3, 0.4) is 0 Å². The van der Waals surface area contributed by atoms with Gasteiger partial charge in [-0.3, -0.25) is 4.79 Å². The van der Waals surface area contributed by atoms with Gasteiger partial charge in [0.25, 0.3) is 0 Å². The van der Waals surface area contributed by atoms with Gasteiger partial charge < -0.3 is 5.73 Å². The predicted octanol–water partition coefficient (Wildman–Crippen LogP) is 3.97. The van der Waals surface area contributed by atoms with Crippen LogP contribution in [0.25, 0.3) is 0 Å². The molecule has 1 amide bonds. The molecule has 0 aliphatic carbocycles. The number of amides is 1.